The number of hydrogen-bond acceptors (Lipinski definition) is 4. The zero-order valence-corrected chi connectivity index (χ0v) is 13.4. The maximum Gasteiger partial charge on any atom is 0.408 e. The normalized spacial score (nSPS) is 11.1. The summed E-state index contributed by atoms with van der Waals surface area (Å²) in [7, 11) is 1.31. The van der Waals surface area contributed by atoms with Gasteiger partial charge in [-0.25, -0.2) is 4.98 Å². The number of pyridine rings is 1. The maximum atomic E-state index is 12.7. The minimum Gasteiger partial charge on any atom is -0.430 e. The molecule has 1 heterocycles. The first kappa shape index (κ1) is 16.6. The van der Waals surface area contributed by atoms with Crippen LogP contribution in [0, 0.1) is 5.41 Å². The minimum atomic E-state index is -3.31. The van der Waals surface area contributed by atoms with E-state index in [1.165, 1.54) is 27.6 Å². The van der Waals surface area contributed by atoms with Crippen molar-refractivity contribution in [1.82, 2.24) is 4.98 Å². The molecular formula is C14H13ClF2N3OP. The Morgan fingerprint density at radius 3 is 2.50 bits per heavy atom. The molecule has 0 amide bonds. The van der Waals surface area contributed by atoms with Gasteiger partial charge in [0.05, 0.1) is 10.6 Å². The molecule has 0 spiro atoms. The first-order chi connectivity index (χ1) is 10.3. The summed E-state index contributed by atoms with van der Waals surface area (Å²) in [6.07, 6.45) is 1.52. The number of halogens is 3. The SMILES string of the molecule is CC(=N)c1c(Cl)ccnc1Nc1ccc(OC(F)(F)P)cc1. The van der Waals surface area contributed by atoms with Crippen LogP contribution in [0.5, 0.6) is 5.75 Å². The summed E-state index contributed by atoms with van der Waals surface area (Å²) in [6, 6.07) is 7.54. The van der Waals surface area contributed by atoms with Crippen molar-refractivity contribution in [1.29, 1.82) is 5.41 Å². The van der Waals surface area contributed by atoms with E-state index in [9.17, 15) is 8.78 Å². The number of nitrogens with zero attached hydrogens (tertiary/aromatic N) is 1. The largest absolute Gasteiger partial charge is 0.430 e. The molecule has 2 rings (SSSR count). The van der Waals surface area contributed by atoms with Crippen LogP contribution < -0.4 is 10.1 Å². The highest BCUT2D eigenvalue weighted by molar-refractivity contribution is 7.17. The zero-order chi connectivity index (χ0) is 16.3. The molecule has 0 saturated heterocycles. The standard InChI is InChI=1S/C14H13ClF2N3OP/c1-8(18)12-11(15)6-7-19-13(12)20-9-2-4-10(5-3-9)21-14(16,17)22/h2-7,18H,22H2,1H3,(H,19,20). The summed E-state index contributed by atoms with van der Waals surface area (Å²) >= 11 is 6.06. The molecule has 0 saturated carbocycles. The summed E-state index contributed by atoms with van der Waals surface area (Å²) in [5.41, 5.74) is 1.36. The molecule has 1 aromatic heterocycles. The third-order valence-electron chi connectivity index (χ3n) is 2.65. The highest BCUT2D eigenvalue weighted by atomic mass is 35.5. The summed E-state index contributed by atoms with van der Waals surface area (Å²) < 4.78 is 29.9. The monoisotopic (exact) mass is 343 g/mol. The van der Waals surface area contributed by atoms with Gasteiger partial charge in [0.15, 0.2) is 0 Å². The number of nitrogens with one attached hydrogen (secondary N) is 2. The van der Waals surface area contributed by atoms with E-state index in [1.807, 2.05) is 0 Å². The summed E-state index contributed by atoms with van der Waals surface area (Å²) in [4.78, 5) is 4.15. The Hall–Kier alpha value is -1.78. The van der Waals surface area contributed by atoms with Crippen molar-refractivity contribution in [2.45, 2.75) is 12.8 Å². The van der Waals surface area contributed by atoms with Crippen LogP contribution in [0.1, 0.15) is 12.5 Å². The zero-order valence-electron chi connectivity index (χ0n) is 11.5. The number of rotatable bonds is 5. The third kappa shape index (κ3) is 4.36. The fourth-order valence-electron chi connectivity index (χ4n) is 1.79. The molecule has 22 heavy (non-hydrogen) atoms. The Morgan fingerprint density at radius 2 is 1.95 bits per heavy atom. The minimum absolute atomic E-state index is 0.0352. The lowest BCUT2D eigenvalue weighted by molar-refractivity contribution is -0.0892. The predicted molar refractivity (Wildman–Crippen MR) is 86.8 cm³/mol. The number of hydrogen-bond donors (Lipinski definition) is 2. The molecule has 0 aliphatic carbocycles. The van der Waals surface area contributed by atoms with Gasteiger partial charge in [-0.1, -0.05) is 11.6 Å². The van der Waals surface area contributed by atoms with Crippen molar-refractivity contribution < 1.29 is 13.5 Å². The number of benzene rings is 1. The Labute approximate surface area is 133 Å². The molecule has 2 aromatic rings. The van der Waals surface area contributed by atoms with Crippen LogP contribution >= 0.6 is 20.8 Å². The fraction of sp³-hybridized carbons (Fsp3) is 0.143. The number of ether oxygens (including phenoxy) is 1. The molecule has 0 radical (unpaired) electrons. The molecule has 0 fully saturated rings. The van der Waals surface area contributed by atoms with Gasteiger partial charge >= 0.3 is 5.85 Å². The average molecular weight is 344 g/mol. The topological polar surface area (TPSA) is 58.0 Å². The van der Waals surface area contributed by atoms with Gasteiger partial charge in [-0.3, -0.25) is 0 Å². The maximum absolute atomic E-state index is 12.7. The predicted octanol–water partition coefficient (Wildman–Crippen LogP) is 4.67. The van der Waals surface area contributed by atoms with Crippen LogP contribution in [0.2, 0.25) is 5.02 Å². The van der Waals surface area contributed by atoms with Crippen molar-refractivity contribution in [3.8, 4) is 5.75 Å². The molecule has 2 N–H and O–H groups in total. The second-order valence-electron chi connectivity index (χ2n) is 4.45. The van der Waals surface area contributed by atoms with Crippen molar-refractivity contribution in [3.05, 3.63) is 47.1 Å². The molecule has 1 aromatic carbocycles. The van der Waals surface area contributed by atoms with Crippen LogP contribution in [-0.2, 0) is 0 Å². The molecule has 0 aliphatic rings. The summed E-state index contributed by atoms with van der Waals surface area (Å²) in [5.74, 6) is -2.86. The van der Waals surface area contributed by atoms with Gasteiger partial charge in [0, 0.05) is 17.6 Å². The van der Waals surface area contributed by atoms with E-state index in [0.29, 0.717) is 22.1 Å². The Balaban J connectivity index is 2.22. The molecule has 4 nitrogen and oxygen atoms in total. The van der Waals surface area contributed by atoms with Gasteiger partial charge in [0.2, 0.25) is 0 Å². The second-order valence-corrected chi connectivity index (χ2v) is 5.53. The van der Waals surface area contributed by atoms with Crippen LogP contribution in [-0.4, -0.2) is 16.5 Å². The number of alkyl halides is 2. The highest BCUT2D eigenvalue weighted by Crippen LogP contribution is 2.29. The molecule has 0 bridgehead atoms. The highest BCUT2D eigenvalue weighted by Gasteiger charge is 2.23. The smallest absolute Gasteiger partial charge is 0.408 e. The van der Waals surface area contributed by atoms with Crippen LogP contribution in [0.15, 0.2) is 36.5 Å². The van der Waals surface area contributed by atoms with Crippen LogP contribution in [0.3, 0.4) is 0 Å². The first-order valence-electron chi connectivity index (χ1n) is 6.19. The van der Waals surface area contributed by atoms with Gasteiger partial charge in [0.25, 0.3) is 0 Å². The van der Waals surface area contributed by atoms with Crippen molar-refractivity contribution in [2.75, 3.05) is 5.32 Å². The Kier molecular flexibility index (Phi) is 4.94. The van der Waals surface area contributed by atoms with Gasteiger partial charge in [-0.2, -0.15) is 8.78 Å². The number of aromatic nitrogens is 1. The molecule has 0 aliphatic heterocycles. The Bertz CT molecular complexity index is 689. The Morgan fingerprint density at radius 1 is 1.32 bits per heavy atom. The fourth-order valence-corrected chi connectivity index (χ4v) is 2.21. The third-order valence-corrected chi connectivity index (χ3v) is 3.08. The second kappa shape index (κ2) is 6.55. The van der Waals surface area contributed by atoms with Crippen LogP contribution in [0.4, 0.5) is 20.3 Å². The van der Waals surface area contributed by atoms with E-state index in [2.05, 4.69) is 15.0 Å². The van der Waals surface area contributed by atoms with Crippen LogP contribution in [0.25, 0.3) is 0 Å². The number of anilines is 2. The quantitative estimate of drug-likeness (QED) is 0.612. The van der Waals surface area contributed by atoms with E-state index in [4.69, 9.17) is 17.0 Å². The van der Waals surface area contributed by atoms with Gasteiger partial charge < -0.3 is 15.5 Å². The van der Waals surface area contributed by atoms with Gasteiger partial charge in [-0.05, 0) is 46.5 Å². The molecule has 116 valence electrons. The van der Waals surface area contributed by atoms with Gasteiger partial charge in [-0.15, -0.1) is 0 Å². The van der Waals surface area contributed by atoms with Crippen molar-refractivity contribution in [3.63, 3.8) is 0 Å². The van der Waals surface area contributed by atoms with Crippen molar-refractivity contribution >= 4 is 38.1 Å². The molecule has 1 unspecified atom stereocenters. The average Bonchev–Trinajstić information content (AvgIpc) is 2.39. The summed E-state index contributed by atoms with van der Waals surface area (Å²) in [6.45, 7) is 1.60. The van der Waals surface area contributed by atoms with E-state index < -0.39 is 5.85 Å². The van der Waals surface area contributed by atoms with E-state index in [1.54, 1.807) is 25.1 Å². The molecule has 8 heteroatoms. The molecular weight excluding hydrogens is 331 g/mol. The van der Waals surface area contributed by atoms with Crippen molar-refractivity contribution in [2.24, 2.45) is 0 Å². The van der Waals surface area contributed by atoms with E-state index in [-0.39, 0.29) is 11.5 Å². The first-order valence-corrected chi connectivity index (χ1v) is 7.14. The summed E-state index contributed by atoms with van der Waals surface area (Å²) in [5, 5.41) is 11.2. The lowest BCUT2D eigenvalue weighted by atomic mass is 10.1. The van der Waals surface area contributed by atoms with E-state index >= 15 is 0 Å². The molecule has 1 atom stereocenters. The van der Waals surface area contributed by atoms with E-state index in [0.717, 1.165) is 0 Å². The van der Waals surface area contributed by atoms with Gasteiger partial charge in [0.1, 0.15) is 11.6 Å². The lowest BCUT2D eigenvalue weighted by Crippen LogP contribution is -2.14. The lowest BCUT2D eigenvalue weighted by Gasteiger charge is -2.14.